The Morgan fingerprint density at radius 3 is 2.95 bits per heavy atom. The Hall–Kier alpha value is -2.34. The Balaban J connectivity index is 1.77. The van der Waals surface area contributed by atoms with E-state index >= 15 is 0 Å². The van der Waals surface area contributed by atoms with Crippen molar-refractivity contribution in [1.82, 2.24) is 10.3 Å². The number of primary amides is 1. The highest BCUT2D eigenvalue weighted by Gasteiger charge is 2.42. The largest absolute Gasteiger partial charge is 0.378 e. The number of carbonyl (C=O) groups excluding carboxylic acids is 2. The van der Waals surface area contributed by atoms with Gasteiger partial charge in [-0.05, 0) is 24.1 Å². The van der Waals surface area contributed by atoms with Crippen LogP contribution in [0.1, 0.15) is 17.5 Å². The second kappa shape index (κ2) is 5.46. The van der Waals surface area contributed by atoms with Gasteiger partial charge in [0.25, 0.3) is 0 Å². The van der Waals surface area contributed by atoms with E-state index in [1.807, 2.05) is 31.3 Å². The van der Waals surface area contributed by atoms with Gasteiger partial charge in [-0.15, -0.1) is 0 Å². The van der Waals surface area contributed by atoms with Gasteiger partial charge in [0.15, 0.2) is 0 Å². The van der Waals surface area contributed by atoms with Crippen molar-refractivity contribution in [2.75, 3.05) is 13.2 Å². The fourth-order valence-corrected chi connectivity index (χ4v) is 2.85. The Morgan fingerprint density at radius 1 is 1.45 bits per heavy atom. The summed E-state index contributed by atoms with van der Waals surface area (Å²) in [6.45, 7) is 2.58. The maximum absolute atomic E-state index is 12.3. The average Bonchev–Trinajstić information content (AvgIpc) is 3.07. The summed E-state index contributed by atoms with van der Waals surface area (Å²) in [5.74, 6) is -0.779. The number of rotatable bonds is 4. The minimum atomic E-state index is -1.07. The summed E-state index contributed by atoms with van der Waals surface area (Å²) in [5, 5.41) is 3.76. The van der Waals surface area contributed by atoms with Crippen LogP contribution in [0.15, 0.2) is 24.4 Å². The molecule has 2 heterocycles. The first-order chi connectivity index (χ1) is 10.5. The van der Waals surface area contributed by atoms with Gasteiger partial charge in [-0.3, -0.25) is 9.59 Å². The van der Waals surface area contributed by atoms with E-state index in [1.54, 1.807) is 0 Å². The van der Waals surface area contributed by atoms with E-state index in [0.717, 1.165) is 22.0 Å². The maximum Gasteiger partial charge on any atom is 0.245 e. The molecule has 2 amide bonds. The molecule has 1 aliphatic rings. The zero-order chi connectivity index (χ0) is 15.7. The minimum Gasteiger partial charge on any atom is -0.378 e. The van der Waals surface area contributed by atoms with Gasteiger partial charge in [-0.25, -0.2) is 0 Å². The molecule has 1 aliphatic heterocycles. The van der Waals surface area contributed by atoms with Crippen LogP contribution >= 0.6 is 0 Å². The van der Waals surface area contributed by atoms with Gasteiger partial charge in [-0.1, -0.05) is 12.1 Å². The number of nitrogens with two attached hydrogens (primary N) is 1. The average molecular weight is 301 g/mol. The summed E-state index contributed by atoms with van der Waals surface area (Å²) in [4.78, 5) is 27.1. The summed E-state index contributed by atoms with van der Waals surface area (Å²) >= 11 is 0. The van der Waals surface area contributed by atoms with Gasteiger partial charge in [0, 0.05) is 30.1 Å². The Bertz CT molecular complexity index is 729. The molecule has 0 aliphatic carbocycles. The molecule has 6 heteroatoms. The van der Waals surface area contributed by atoms with Crippen molar-refractivity contribution in [1.29, 1.82) is 0 Å². The minimum absolute atomic E-state index is 0.140. The zero-order valence-electron chi connectivity index (χ0n) is 12.4. The normalized spacial score (nSPS) is 21.1. The van der Waals surface area contributed by atoms with Crippen LogP contribution in [0.25, 0.3) is 10.9 Å². The first-order valence-electron chi connectivity index (χ1n) is 7.25. The predicted octanol–water partition coefficient (Wildman–Crippen LogP) is 0.779. The SMILES string of the molecule is Cc1ccc2c(CC(=O)NC3(C(N)=O)CCOC3)c[nH]c2c1. The van der Waals surface area contributed by atoms with E-state index in [1.165, 1.54) is 0 Å². The van der Waals surface area contributed by atoms with E-state index in [4.69, 9.17) is 10.5 Å². The van der Waals surface area contributed by atoms with Crippen LogP contribution in [-0.2, 0) is 20.7 Å². The molecule has 0 radical (unpaired) electrons. The molecular weight excluding hydrogens is 282 g/mol. The smallest absolute Gasteiger partial charge is 0.245 e. The number of amides is 2. The first-order valence-corrected chi connectivity index (χ1v) is 7.25. The highest BCUT2D eigenvalue weighted by molar-refractivity contribution is 5.93. The van der Waals surface area contributed by atoms with E-state index < -0.39 is 11.4 Å². The van der Waals surface area contributed by atoms with Gasteiger partial charge in [0.2, 0.25) is 11.8 Å². The van der Waals surface area contributed by atoms with Crippen molar-refractivity contribution in [3.8, 4) is 0 Å². The highest BCUT2D eigenvalue weighted by atomic mass is 16.5. The summed E-state index contributed by atoms with van der Waals surface area (Å²) in [7, 11) is 0. The molecule has 1 unspecified atom stereocenters. The van der Waals surface area contributed by atoms with Crippen molar-refractivity contribution in [2.45, 2.75) is 25.3 Å². The number of aryl methyl sites for hydroxylation is 1. The Kier molecular flexibility index (Phi) is 3.62. The lowest BCUT2D eigenvalue weighted by Gasteiger charge is -2.24. The molecule has 22 heavy (non-hydrogen) atoms. The zero-order valence-corrected chi connectivity index (χ0v) is 12.4. The number of aromatic nitrogens is 1. The van der Waals surface area contributed by atoms with Crippen molar-refractivity contribution in [2.24, 2.45) is 5.73 Å². The first kappa shape index (κ1) is 14.6. The molecule has 3 rings (SSSR count). The van der Waals surface area contributed by atoms with E-state index in [0.29, 0.717) is 13.0 Å². The van der Waals surface area contributed by atoms with Gasteiger partial charge < -0.3 is 20.8 Å². The van der Waals surface area contributed by atoms with Crippen molar-refractivity contribution in [3.63, 3.8) is 0 Å². The second-order valence-electron chi connectivity index (χ2n) is 5.84. The fraction of sp³-hybridized carbons (Fsp3) is 0.375. The lowest BCUT2D eigenvalue weighted by atomic mass is 9.97. The Morgan fingerprint density at radius 2 is 2.27 bits per heavy atom. The molecule has 1 aromatic heterocycles. The number of carbonyl (C=O) groups is 2. The third-order valence-corrected chi connectivity index (χ3v) is 4.15. The molecule has 0 saturated carbocycles. The molecule has 1 fully saturated rings. The van der Waals surface area contributed by atoms with E-state index in [2.05, 4.69) is 10.3 Å². The van der Waals surface area contributed by atoms with Crippen molar-refractivity contribution < 1.29 is 14.3 Å². The molecule has 6 nitrogen and oxygen atoms in total. The number of ether oxygens (including phenoxy) is 1. The summed E-state index contributed by atoms with van der Waals surface area (Å²) < 4.78 is 5.22. The summed E-state index contributed by atoms with van der Waals surface area (Å²) in [5.41, 5.74) is 7.40. The van der Waals surface area contributed by atoms with E-state index in [-0.39, 0.29) is 18.9 Å². The van der Waals surface area contributed by atoms with Crippen molar-refractivity contribution in [3.05, 3.63) is 35.5 Å². The quantitative estimate of drug-likeness (QED) is 0.778. The molecule has 4 N–H and O–H groups in total. The highest BCUT2D eigenvalue weighted by Crippen LogP contribution is 2.22. The lowest BCUT2D eigenvalue weighted by Crippen LogP contribution is -2.58. The topological polar surface area (TPSA) is 97.2 Å². The summed E-state index contributed by atoms with van der Waals surface area (Å²) in [6.07, 6.45) is 2.44. The second-order valence-corrected chi connectivity index (χ2v) is 5.84. The number of hydrogen-bond donors (Lipinski definition) is 3. The molecule has 0 spiro atoms. The molecular formula is C16H19N3O3. The van der Waals surface area contributed by atoms with Crippen LogP contribution in [0.4, 0.5) is 0 Å². The standard InChI is InChI=1S/C16H19N3O3/c1-10-2-3-12-11(8-18-13(12)6-10)7-14(20)19-16(15(17)21)4-5-22-9-16/h2-3,6,8,18H,4-5,7,9H2,1H3,(H2,17,21)(H,19,20). The monoisotopic (exact) mass is 301 g/mol. The van der Waals surface area contributed by atoms with Crippen LogP contribution in [0.5, 0.6) is 0 Å². The van der Waals surface area contributed by atoms with E-state index in [9.17, 15) is 9.59 Å². The van der Waals surface area contributed by atoms with Gasteiger partial charge in [0.1, 0.15) is 5.54 Å². The fourth-order valence-electron chi connectivity index (χ4n) is 2.85. The van der Waals surface area contributed by atoms with Crippen LogP contribution in [0, 0.1) is 6.92 Å². The van der Waals surface area contributed by atoms with Gasteiger partial charge in [-0.2, -0.15) is 0 Å². The molecule has 2 aromatic rings. The Labute approximate surface area is 128 Å². The number of fused-ring (bicyclic) bond motifs is 1. The number of benzene rings is 1. The third kappa shape index (κ3) is 2.57. The van der Waals surface area contributed by atoms with Crippen LogP contribution < -0.4 is 11.1 Å². The molecule has 0 bridgehead atoms. The predicted molar refractivity (Wildman–Crippen MR) is 82.2 cm³/mol. The molecule has 1 atom stereocenters. The van der Waals surface area contributed by atoms with Crippen LogP contribution in [0.2, 0.25) is 0 Å². The molecule has 1 saturated heterocycles. The molecule has 1 aromatic carbocycles. The summed E-state index contributed by atoms with van der Waals surface area (Å²) in [6, 6.07) is 6.03. The lowest BCUT2D eigenvalue weighted by molar-refractivity contribution is -0.131. The number of hydrogen-bond acceptors (Lipinski definition) is 3. The molecule has 116 valence electrons. The maximum atomic E-state index is 12.3. The third-order valence-electron chi connectivity index (χ3n) is 4.15. The number of H-pyrrole nitrogens is 1. The van der Waals surface area contributed by atoms with Crippen LogP contribution in [0.3, 0.4) is 0 Å². The van der Waals surface area contributed by atoms with Gasteiger partial charge in [0.05, 0.1) is 13.0 Å². The number of aromatic amines is 1. The van der Waals surface area contributed by atoms with Crippen molar-refractivity contribution >= 4 is 22.7 Å². The van der Waals surface area contributed by atoms with Crippen LogP contribution in [-0.4, -0.2) is 35.6 Å². The van der Waals surface area contributed by atoms with Gasteiger partial charge >= 0.3 is 0 Å². The number of nitrogens with one attached hydrogen (secondary N) is 2.